The lowest BCUT2D eigenvalue weighted by atomic mass is 10.1. The largest absolute Gasteiger partial charge is 0.497 e. The number of rotatable bonds is 4. The van der Waals surface area contributed by atoms with Crippen LogP contribution in [0.4, 0.5) is 0 Å². The molecule has 2 aromatic rings. The SMILES string of the molecule is COc1cccc(C#CC(=O)NCCc2ccccc2)c1. The summed E-state index contributed by atoms with van der Waals surface area (Å²) in [5.74, 6) is 5.87. The van der Waals surface area contributed by atoms with Crippen LogP contribution in [0.25, 0.3) is 0 Å². The molecule has 0 aliphatic rings. The fourth-order valence-corrected chi connectivity index (χ4v) is 1.84. The summed E-state index contributed by atoms with van der Waals surface area (Å²) in [4.78, 5) is 11.6. The van der Waals surface area contributed by atoms with Gasteiger partial charge in [-0.25, -0.2) is 0 Å². The zero-order valence-electron chi connectivity index (χ0n) is 11.9. The second kappa shape index (κ2) is 7.76. The molecule has 0 aliphatic carbocycles. The van der Waals surface area contributed by atoms with Crippen LogP contribution in [-0.4, -0.2) is 19.6 Å². The minimum absolute atomic E-state index is 0.270. The van der Waals surface area contributed by atoms with E-state index in [1.165, 1.54) is 5.56 Å². The molecule has 1 N–H and O–H groups in total. The fourth-order valence-electron chi connectivity index (χ4n) is 1.84. The van der Waals surface area contributed by atoms with Gasteiger partial charge in [0.25, 0.3) is 5.91 Å². The van der Waals surface area contributed by atoms with E-state index in [1.807, 2.05) is 48.5 Å². The van der Waals surface area contributed by atoms with Crippen molar-refractivity contribution >= 4 is 5.91 Å². The minimum Gasteiger partial charge on any atom is -0.497 e. The van der Waals surface area contributed by atoms with E-state index in [2.05, 4.69) is 17.2 Å². The molecule has 0 saturated carbocycles. The maximum atomic E-state index is 11.6. The summed E-state index contributed by atoms with van der Waals surface area (Å²) in [7, 11) is 1.60. The first kappa shape index (κ1) is 14.7. The molecule has 0 aliphatic heterocycles. The number of nitrogens with one attached hydrogen (secondary N) is 1. The van der Waals surface area contributed by atoms with Crippen molar-refractivity contribution in [1.29, 1.82) is 0 Å². The fraction of sp³-hybridized carbons (Fsp3) is 0.167. The number of amides is 1. The molecular formula is C18H17NO2. The molecule has 0 spiro atoms. The Morgan fingerprint density at radius 1 is 1.14 bits per heavy atom. The van der Waals surface area contributed by atoms with Gasteiger partial charge in [0, 0.05) is 18.0 Å². The van der Waals surface area contributed by atoms with Gasteiger partial charge >= 0.3 is 0 Å². The molecule has 2 aromatic carbocycles. The van der Waals surface area contributed by atoms with Gasteiger partial charge in [0.15, 0.2) is 0 Å². The van der Waals surface area contributed by atoms with Gasteiger partial charge in [-0.3, -0.25) is 4.79 Å². The van der Waals surface area contributed by atoms with E-state index in [0.717, 1.165) is 17.7 Å². The first-order valence-electron chi connectivity index (χ1n) is 6.76. The van der Waals surface area contributed by atoms with Crippen molar-refractivity contribution in [3.8, 4) is 17.6 Å². The van der Waals surface area contributed by atoms with Crippen molar-refractivity contribution in [3.63, 3.8) is 0 Å². The van der Waals surface area contributed by atoms with Crippen LogP contribution in [0.1, 0.15) is 11.1 Å². The summed E-state index contributed by atoms with van der Waals surface area (Å²) in [6.45, 7) is 0.579. The Morgan fingerprint density at radius 2 is 1.95 bits per heavy atom. The molecular weight excluding hydrogens is 262 g/mol. The summed E-state index contributed by atoms with van der Waals surface area (Å²) >= 11 is 0. The number of carbonyl (C=O) groups is 1. The Hall–Kier alpha value is -2.73. The highest BCUT2D eigenvalue weighted by atomic mass is 16.5. The molecule has 0 saturated heterocycles. The molecule has 1 amide bonds. The van der Waals surface area contributed by atoms with Crippen LogP contribution in [0.2, 0.25) is 0 Å². The van der Waals surface area contributed by atoms with Crippen LogP contribution in [0.15, 0.2) is 54.6 Å². The molecule has 2 rings (SSSR count). The predicted molar refractivity (Wildman–Crippen MR) is 83.0 cm³/mol. The number of methoxy groups -OCH3 is 1. The third-order valence-electron chi connectivity index (χ3n) is 2.93. The highest BCUT2D eigenvalue weighted by Gasteiger charge is 1.96. The molecule has 0 radical (unpaired) electrons. The highest BCUT2D eigenvalue weighted by Crippen LogP contribution is 2.11. The van der Waals surface area contributed by atoms with Gasteiger partial charge in [-0.15, -0.1) is 0 Å². The van der Waals surface area contributed by atoms with E-state index in [0.29, 0.717) is 6.54 Å². The Morgan fingerprint density at radius 3 is 2.71 bits per heavy atom. The Labute approximate surface area is 125 Å². The zero-order valence-corrected chi connectivity index (χ0v) is 11.9. The molecule has 0 fully saturated rings. The lowest BCUT2D eigenvalue weighted by Gasteiger charge is -2.01. The molecule has 0 bridgehead atoms. The van der Waals surface area contributed by atoms with E-state index in [9.17, 15) is 4.79 Å². The summed E-state index contributed by atoms with van der Waals surface area (Å²) in [5.41, 5.74) is 1.95. The van der Waals surface area contributed by atoms with Gasteiger partial charge in [-0.1, -0.05) is 42.3 Å². The number of hydrogen-bond acceptors (Lipinski definition) is 2. The number of benzene rings is 2. The molecule has 0 unspecified atom stereocenters. The van der Waals surface area contributed by atoms with E-state index in [-0.39, 0.29) is 5.91 Å². The minimum atomic E-state index is -0.270. The van der Waals surface area contributed by atoms with Crippen molar-refractivity contribution in [2.45, 2.75) is 6.42 Å². The molecule has 106 valence electrons. The van der Waals surface area contributed by atoms with Gasteiger partial charge < -0.3 is 10.1 Å². The Kier molecular flexibility index (Phi) is 5.42. The third-order valence-corrected chi connectivity index (χ3v) is 2.93. The van der Waals surface area contributed by atoms with Gasteiger partial charge in [0.2, 0.25) is 0 Å². The van der Waals surface area contributed by atoms with Crippen molar-refractivity contribution < 1.29 is 9.53 Å². The van der Waals surface area contributed by atoms with Gasteiger partial charge in [-0.05, 0) is 30.2 Å². The zero-order chi connectivity index (χ0) is 14.9. The van der Waals surface area contributed by atoms with Crippen LogP contribution in [-0.2, 0) is 11.2 Å². The average Bonchev–Trinajstić information content (AvgIpc) is 2.54. The monoisotopic (exact) mass is 279 g/mol. The van der Waals surface area contributed by atoms with Crippen molar-refractivity contribution in [1.82, 2.24) is 5.32 Å². The lowest BCUT2D eigenvalue weighted by Crippen LogP contribution is -2.23. The summed E-state index contributed by atoms with van der Waals surface area (Å²) in [6, 6.07) is 17.3. The van der Waals surface area contributed by atoms with Crippen LogP contribution in [0.5, 0.6) is 5.75 Å². The van der Waals surface area contributed by atoms with Crippen molar-refractivity contribution in [3.05, 3.63) is 65.7 Å². The van der Waals surface area contributed by atoms with Crippen molar-refractivity contribution in [2.24, 2.45) is 0 Å². The standard InChI is InChI=1S/C18H17NO2/c1-21-17-9-5-8-16(14-17)10-11-18(20)19-13-12-15-6-3-2-4-7-15/h2-9,14H,12-13H2,1H3,(H,19,20). The summed E-state index contributed by atoms with van der Waals surface area (Å²) in [5, 5.41) is 2.79. The van der Waals surface area contributed by atoms with Crippen LogP contribution in [0.3, 0.4) is 0 Å². The molecule has 21 heavy (non-hydrogen) atoms. The lowest BCUT2D eigenvalue weighted by molar-refractivity contribution is -0.115. The maximum Gasteiger partial charge on any atom is 0.296 e. The number of carbonyl (C=O) groups excluding carboxylic acids is 1. The van der Waals surface area contributed by atoms with Crippen molar-refractivity contribution in [2.75, 3.05) is 13.7 Å². The number of hydrogen-bond donors (Lipinski definition) is 1. The molecule has 3 nitrogen and oxygen atoms in total. The van der Waals surface area contributed by atoms with Crippen LogP contribution >= 0.6 is 0 Å². The van der Waals surface area contributed by atoms with E-state index in [1.54, 1.807) is 13.2 Å². The van der Waals surface area contributed by atoms with E-state index in [4.69, 9.17) is 4.74 Å². The average molecular weight is 279 g/mol. The molecule has 3 heteroatoms. The molecule has 0 heterocycles. The Bertz CT molecular complexity index is 654. The smallest absolute Gasteiger partial charge is 0.296 e. The first-order valence-corrected chi connectivity index (χ1v) is 6.76. The first-order chi connectivity index (χ1) is 10.3. The van der Waals surface area contributed by atoms with Gasteiger partial charge in [-0.2, -0.15) is 0 Å². The van der Waals surface area contributed by atoms with Crippen LogP contribution in [0, 0.1) is 11.8 Å². The highest BCUT2D eigenvalue weighted by molar-refractivity contribution is 5.94. The summed E-state index contributed by atoms with van der Waals surface area (Å²) in [6.07, 6.45) is 0.799. The maximum absolute atomic E-state index is 11.6. The second-order valence-corrected chi connectivity index (χ2v) is 4.47. The van der Waals surface area contributed by atoms with E-state index >= 15 is 0 Å². The topological polar surface area (TPSA) is 38.3 Å². The van der Waals surface area contributed by atoms with E-state index < -0.39 is 0 Å². The predicted octanol–water partition coefficient (Wildman–Crippen LogP) is 2.41. The Balaban J connectivity index is 1.83. The van der Waals surface area contributed by atoms with Crippen LogP contribution < -0.4 is 10.1 Å². The summed E-state index contributed by atoms with van der Waals surface area (Å²) < 4.78 is 5.11. The molecule has 0 atom stereocenters. The molecule has 0 aromatic heterocycles. The number of ether oxygens (including phenoxy) is 1. The van der Waals surface area contributed by atoms with Gasteiger partial charge in [0.1, 0.15) is 5.75 Å². The normalized spacial score (nSPS) is 9.38. The third kappa shape index (κ3) is 5.04. The quantitative estimate of drug-likeness (QED) is 0.873. The second-order valence-electron chi connectivity index (χ2n) is 4.47. The van der Waals surface area contributed by atoms with Gasteiger partial charge in [0.05, 0.1) is 7.11 Å².